The molecule has 0 heterocycles. The number of allylic oxidation sites excluding steroid dienone is 1. The average molecular weight is 464 g/mol. The van der Waals surface area contributed by atoms with Gasteiger partial charge >= 0.3 is 0 Å². The Bertz CT molecular complexity index is 442. The summed E-state index contributed by atoms with van der Waals surface area (Å²) in [6.45, 7) is 8.90. The van der Waals surface area contributed by atoms with Crippen molar-refractivity contribution in [3.63, 3.8) is 0 Å². The van der Waals surface area contributed by atoms with Crippen LogP contribution in [0.25, 0.3) is 0 Å². The highest BCUT2D eigenvalue weighted by atomic mass is 16.1. The third-order valence-corrected chi connectivity index (χ3v) is 7.11. The van der Waals surface area contributed by atoms with Crippen molar-refractivity contribution < 1.29 is 4.79 Å². The lowest BCUT2D eigenvalue weighted by Gasteiger charge is -2.09. The fraction of sp³-hybridized carbons (Fsp3) is 0.903. The zero-order valence-corrected chi connectivity index (χ0v) is 23.4. The van der Waals surface area contributed by atoms with Crippen molar-refractivity contribution in [1.29, 1.82) is 0 Å². The Balaban J connectivity index is 3.13. The van der Waals surface area contributed by atoms with Crippen LogP contribution in [0.4, 0.5) is 0 Å². The number of Topliss-reactive ketones (excluding diaryl/α,β-unsaturated/α-hetero) is 1. The summed E-state index contributed by atoms with van der Waals surface area (Å²) in [6.07, 6.45) is 30.7. The fourth-order valence-electron chi connectivity index (χ4n) is 4.79. The summed E-state index contributed by atoms with van der Waals surface area (Å²) in [5, 5.41) is 0. The Hall–Kier alpha value is -0.630. The normalized spacial score (nSPS) is 12.4. The molecular formula is C31H61NO. The monoisotopic (exact) mass is 463 g/mol. The van der Waals surface area contributed by atoms with Crippen molar-refractivity contribution >= 4 is 5.78 Å². The molecule has 0 radical (unpaired) electrons. The first-order valence-electron chi connectivity index (χ1n) is 14.8. The number of rotatable bonds is 26. The first-order valence-corrected chi connectivity index (χ1v) is 14.8. The van der Waals surface area contributed by atoms with Crippen LogP contribution in [0.3, 0.4) is 0 Å². The lowest BCUT2D eigenvalue weighted by molar-refractivity contribution is -0.118. The zero-order chi connectivity index (χ0) is 24.6. The minimum Gasteiger partial charge on any atom is -0.309 e. The number of carbonyl (C=O) groups is 1. The van der Waals surface area contributed by atoms with Gasteiger partial charge in [-0.05, 0) is 46.0 Å². The maximum absolute atomic E-state index is 11.8. The van der Waals surface area contributed by atoms with Gasteiger partial charge in [0, 0.05) is 5.92 Å². The van der Waals surface area contributed by atoms with E-state index in [0.717, 1.165) is 6.42 Å². The maximum atomic E-state index is 11.8. The van der Waals surface area contributed by atoms with Crippen molar-refractivity contribution in [3.8, 4) is 0 Å². The van der Waals surface area contributed by atoms with E-state index in [1.807, 2.05) is 13.8 Å². The molecule has 1 atom stereocenters. The minimum atomic E-state index is 0.167. The molecule has 0 aromatic carbocycles. The molecule has 2 heteroatoms. The van der Waals surface area contributed by atoms with Crippen LogP contribution in [0.1, 0.15) is 155 Å². The molecule has 0 amide bonds. The van der Waals surface area contributed by atoms with Gasteiger partial charge in [0.15, 0.2) is 5.78 Å². The number of unbranched alkanes of at least 4 members (excludes halogenated alkanes) is 20. The third kappa shape index (κ3) is 24.3. The van der Waals surface area contributed by atoms with Crippen LogP contribution >= 0.6 is 0 Å². The van der Waals surface area contributed by atoms with E-state index in [2.05, 4.69) is 25.6 Å². The van der Waals surface area contributed by atoms with Gasteiger partial charge in [-0.2, -0.15) is 0 Å². The van der Waals surface area contributed by atoms with E-state index >= 15 is 0 Å². The van der Waals surface area contributed by atoms with E-state index in [4.69, 9.17) is 0 Å². The molecule has 2 nitrogen and oxygen atoms in total. The lowest BCUT2D eigenvalue weighted by Crippen LogP contribution is -2.12. The summed E-state index contributed by atoms with van der Waals surface area (Å²) < 4.78 is 0. The van der Waals surface area contributed by atoms with Crippen LogP contribution in [0.2, 0.25) is 0 Å². The van der Waals surface area contributed by atoms with Crippen LogP contribution < -0.4 is 0 Å². The van der Waals surface area contributed by atoms with E-state index in [1.165, 1.54) is 141 Å². The van der Waals surface area contributed by atoms with Gasteiger partial charge in [0.25, 0.3) is 0 Å². The van der Waals surface area contributed by atoms with Crippen LogP contribution in [0, 0.1) is 5.92 Å². The number of hydrogen-bond donors (Lipinski definition) is 0. The topological polar surface area (TPSA) is 20.3 Å². The molecule has 0 fully saturated rings. The SMILES string of the molecule is C=C(C)C(=O)C(C)CCCCCCCCCCCCCCCCCCCCCCCN(C)C. The highest BCUT2D eigenvalue weighted by Gasteiger charge is 2.12. The number of ketones is 1. The van der Waals surface area contributed by atoms with Crippen LogP contribution in [-0.4, -0.2) is 31.3 Å². The van der Waals surface area contributed by atoms with Crippen LogP contribution in [-0.2, 0) is 4.79 Å². The van der Waals surface area contributed by atoms with Gasteiger partial charge in [0.2, 0.25) is 0 Å². The maximum Gasteiger partial charge on any atom is 0.160 e. The van der Waals surface area contributed by atoms with E-state index in [0.29, 0.717) is 5.57 Å². The van der Waals surface area contributed by atoms with Gasteiger partial charge < -0.3 is 4.90 Å². The van der Waals surface area contributed by atoms with Gasteiger partial charge in [0.05, 0.1) is 0 Å². The van der Waals surface area contributed by atoms with E-state index < -0.39 is 0 Å². The smallest absolute Gasteiger partial charge is 0.160 e. The molecule has 0 aliphatic heterocycles. The standard InChI is InChI=1S/C31H61NO/c1-29(2)31(33)30(3)27-25-23-21-19-17-15-13-11-9-7-6-8-10-12-14-16-18-20-22-24-26-28-32(4)5/h30H,1,6-28H2,2-5H3. The van der Waals surface area contributed by atoms with Crippen molar-refractivity contribution in [3.05, 3.63) is 12.2 Å². The lowest BCUT2D eigenvalue weighted by atomic mass is 9.95. The summed E-state index contributed by atoms with van der Waals surface area (Å²) in [7, 11) is 4.34. The summed E-state index contributed by atoms with van der Waals surface area (Å²) in [5.74, 6) is 0.419. The minimum absolute atomic E-state index is 0.167. The first kappa shape index (κ1) is 32.4. The molecule has 0 N–H and O–H groups in total. The Morgan fingerprint density at radius 1 is 0.576 bits per heavy atom. The Labute approximate surface area is 209 Å². The molecule has 33 heavy (non-hydrogen) atoms. The fourth-order valence-corrected chi connectivity index (χ4v) is 4.79. The van der Waals surface area contributed by atoms with Crippen molar-refractivity contribution in [2.75, 3.05) is 20.6 Å². The highest BCUT2D eigenvalue weighted by molar-refractivity contribution is 5.95. The molecule has 0 rings (SSSR count). The summed E-state index contributed by atoms with van der Waals surface area (Å²) in [5.41, 5.74) is 0.713. The van der Waals surface area contributed by atoms with E-state index in [9.17, 15) is 4.79 Å². The van der Waals surface area contributed by atoms with Gasteiger partial charge in [0.1, 0.15) is 0 Å². The van der Waals surface area contributed by atoms with E-state index in [1.54, 1.807) is 0 Å². The average Bonchev–Trinajstić information content (AvgIpc) is 2.78. The molecule has 0 bridgehead atoms. The molecule has 0 saturated heterocycles. The first-order chi connectivity index (χ1) is 15.9. The predicted molar refractivity (Wildman–Crippen MR) is 149 cm³/mol. The summed E-state index contributed by atoms with van der Waals surface area (Å²) >= 11 is 0. The summed E-state index contributed by atoms with van der Waals surface area (Å²) in [4.78, 5) is 14.1. The highest BCUT2D eigenvalue weighted by Crippen LogP contribution is 2.17. The van der Waals surface area contributed by atoms with Crippen molar-refractivity contribution in [2.24, 2.45) is 5.92 Å². The van der Waals surface area contributed by atoms with Crippen LogP contribution in [0.5, 0.6) is 0 Å². The number of nitrogens with zero attached hydrogens (tertiary/aromatic N) is 1. The molecule has 0 spiro atoms. The second-order valence-corrected chi connectivity index (χ2v) is 11.1. The van der Waals surface area contributed by atoms with Gasteiger partial charge in [-0.1, -0.05) is 142 Å². The van der Waals surface area contributed by atoms with Gasteiger partial charge in [-0.25, -0.2) is 0 Å². The quantitative estimate of drug-likeness (QED) is 0.0939. The van der Waals surface area contributed by atoms with Gasteiger partial charge in [-0.15, -0.1) is 0 Å². The Kier molecular flexibility index (Phi) is 24.0. The van der Waals surface area contributed by atoms with E-state index in [-0.39, 0.29) is 11.7 Å². The molecule has 0 aliphatic rings. The molecule has 0 saturated carbocycles. The van der Waals surface area contributed by atoms with Crippen molar-refractivity contribution in [1.82, 2.24) is 4.90 Å². The largest absolute Gasteiger partial charge is 0.309 e. The molecular weight excluding hydrogens is 402 g/mol. The van der Waals surface area contributed by atoms with Crippen LogP contribution in [0.15, 0.2) is 12.2 Å². The third-order valence-electron chi connectivity index (χ3n) is 7.11. The number of hydrogen-bond acceptors (Lipinski definition) is 2. The summed E-state index contributed by atoms with van der Waals surface area (Å²) in [6, 6.07) is 0. The van der Waals surface area contributed by atoms with Crippen molar-refractivity contribution in [2.45, 2.75) is 155 Å². The molecule has 0 aromatic rings. The Morgan fingerprint density at radius 2 is 0.848 bits per heavy atom. The second kappa shape index (κ2) is 24.5. The number of carbonyl (C=O) groups excluding carboxylic acids is 1. The van der Waals surface area contributed by atoms with Gasteiger partial charge in [-0.3, -0.25) is 4.79 Å². The predicted octanol–water partition coefficient (Wildman–Crippen LogP) is 9.91. The molecule has 1 unspecified atom stereocenters. The molecule has 0 aliphatic carbocycles. The Morgan fingerprint density at radius 3 is 1.12 bits per heavy atom. The zero-order valence-electron chi connectivity index (χ0n) is 23.4. The second-order valence-electron chi connectivity index (χ2n) is 11.1. The molecule has 196 valence electrons. The molecule has 0 aromatic heterocycles.